The maximum Gasteiger partial charge on any atom is 0.100 e. The summed E-state index contributed by atoms with van der Waals surface area (Å²) in [6, 6.07) is 11.8. The summed E-state index contributed by atoms with van der Waals surface area (Å²) in [5, 5.41) is 1.95. The predicted octanol–water partition coefficient (Wildman–Crippen LogP) is 2.73. The van der Waals surface area contributed by atoms with Gasteiger partial charge in [-0.3, -0.25) is 0 Å². The molecule has 1 aromatic carbocycles. The number of hydrogen-bond donors (Lipinski definition) is 1. The van der Waals surface area contributed by atoms with E-state index in [1.54, 1.807) is 11.3 Å². The fraction of sp³-hybridized carbons (Fsp3) is 0. The minimum atomic E-state index is 0.762. The highest BCUT2D eigenvalue weighted by molar-refractivity contribution is 7.11. The highest BCUT2D eigenvalue weighted by Gasteiger charge is 1.93. The molecule has 0 bridgehead atoms. The SMILES string of the molecule is Nc1ccsc1C#Cc1ccccc1. The van der Waals surface area contributed by atoms with Gasteiger partial charge < -0.3 is 5.73 Å². The minimum absolute atomic E-state index is 0.762. The Hall–Kier alpha value is -1.72. The molecule has 2 aromatic rings. The summed E-state index contributed by atoms with van der Waals surface area (Å²) in [6.07, 6.45) is 0. The third-order valence-corrected chi connectivity index (χ3v) is 2.64. The quantitative estimate of drug-likeness (QED) is 0.649. The molecule has 0 fully saturated rings. The van der Waals surface area contributed by atoms with E-state index in [0.29, 0.717) is 0 Å². The molecule has 2 N–H and O–H groups in total. The van der Waals surface area contributed by atoms with Crippen molar-refractivity contribution in [1.82, 2.24) is 0 Å². The van der Waals surface area contributed by atoms with Crippen molar-refractivity contribution in [1.29, 1.82) is 0 Å². The Morgan fingerprint density at radius 1 is 1.00 bits per heavy atom. The molecule has 0 radical (unpaired) electrons. The molecule has 0 saturated carbocycles. The maximum atomic E-state index is 5.71. The van der Waals surface area contributed by atoms with Crippen molar-refractivity contribution in [2.24, 2.45) is 0 Å². The summed E-state index contributed by atoms with van der Waals surface area (Å²) >= 11 is 1.57. The van der Waals surface area contributed by atoms with E-state index < -0.39 is 0 Å². The van der Waals surface area contributed by atoms with Crippen molar-refractivity contribution >= 4 is 17.0 Å². The summed E-state index contributed by atoms with van der Waals surface area (Å²) in [6.45, 7) is 0. The third-order valence-electron chi connectivity index (χ3n) is 1.79. The zero-order valence-corrected chi connectivity index (χ0v) is 8.34. The third kappa shape index (κ3) is 1.95. The maximum absolute atomic E-state index is 5.71. The van der Waals surface area contributed by atoms with Crippen LogP contribution < -0.4 is 5.73 Å². The molecule has 0 spiro atoms. The van der Waals surface area contributed by atoms with E-state index in [2.05, 4.69) is 11.8 Å². The van der Waals surface area contributed by atoms with Gasteiger partial charge in [-0.1, -0.05) is 24.1 Å². The first kappa shape index (κ1) is 8.86. The van der Waals surface area contributed by atoms with Crippen molar-refractivity contribution < 1.29 is 0 Å². The van der Waals surface area contributed by atoms with Crippen molar-refractivity contribution in [3.05, 3.63) is 52.2 Å². The fourth-order valence-corrected chi connectivity index (χ4v) is 1.74. The first-order chi connectivity index (χ1) is 6.86. The van der Waals surface area contributed by atoms with Crippen LogP contribution in [0.2, 0.25) is 0 Å². The molecular weight excluding hydrogens is 190 g/mol. The molecule has 2 heteroatoms. The molecule has 0 atom stereocenters. The van der Waals surface area contributed by atoms with Gasteiger partial charge in [-0.05, 0) is 29.5 Å². The van der Waals surface area contributed by atoms with E-state index in [1.165, 1.54) is 0 Å². The Balaban J connectivity index is 2.28. The average Bonchev–Trinajstić information content (AvgIpc) is 2.63. The van der Waals surface area contributed by atoms with Gasteiger partial charge >= 0.3 is 0 Å². The predicted molar refractivity (Wildman–Crippen MR) is 61.2 cm³/mol. The Morgan fingerprint density at radius 3 is 2.43 bits per heavy atom. The molecule has 0 aliphatic heterocycles. The van der Waals surface area contributed by atoms with Crippen LogP contribution in [0, 0.1) is 11.8 Å². The number of anilines is 1. The summed E-state index contributed by atoms with van der Waals surface area (Å²) in [4.78, 5) is 0.939. The lowest BCUT2D eigenvalue weighted by Crippen LogP contribution is -1.82. The first-order valence-electron chi connectivity index (χ1n) is 4.26. The summed E-state index contributed by atoms with van der Waals surface area (Å²) < 4.78 is 0. The van der Waals surface area contributed by atoms with Gasteiger partial charge in [0.1, 0.15) is 4.88 Å². The van der Waals surface area contributed by atoms with E-state index in [0.717, 1.165) is 16.1 Å². The van der Waals surface area contributed by atoms with E-state index in [-0.39, 0.29) is 0 Å². The van der Waals surface area contributed by atoms with Crippen molar-refractivity contribution in [3.8, 4) is 11.8 Å². The van der Waals surface area contributed by atoms with Crippen LogP contribution >= 0.6 is 11.3 Å². The Morgan fingerprint density at radius 2 is 1.79 bits per heavy atom. The highest BCUT2D eigenvalue weighted by Crippen LogP contribution is 2.16. The van der Waals surface area contributed by atoms with Crippen LogP contribution in [0.25, 0.3) is 0 Å². The van der Waals surface area contributed by atoms with Crippen LogP contribution in [0.4, 0.5) is 5.69 Å². The molecule has 0 saturated heterocycles. The second-order valence-corrected chi connectivity index (χ2v) is 3.74. The molecule has 0 unspecified atom stereocenters. The standard InChI is InChI=1S/C12H9NS/c13-11-8-9-14-12(11)7-6-10-4-2-1-3-5-10/h1-5,8-9H,13H2. The monoisotopic (exact) mass is 199 g/mol. The first-order valence-corrected chi connectivity index (χ1v) is 5.14. The summed E-state index contributed by atoms with van der Waals surface area (Å²) in [5.74, 6) is 6.12. The van der Waals surface area contributed by atoms with Gasteiger partial charge in [-0.25, -0.2) is 0 Å². The number of nitrogen functional groups attached to an aromatic ring is 1. The Kier molecular flexibility index (Phi) is 2.53. The van der Waals surface area contributed by atoms with Crippen molar-refractivity contribution in [3.63, 3.8) is 0 Å². The van der Waals surface area contributed by atoms with Crippen LogP contribution in [0.3, 0.4) is 0 Å². The number of rotatable bonds is 0. The zero-order valence-electron chi connectivity index (χ0n) is 7.53. The van der Waals surface area contributed by atoms with Crippen LogP contribution in [0.15, 0.2) is 41.8 Å². The van der Waals surface area contributed by atoms with Gasteiger partial charge in [0.2, 0.25) is 0 Å². The van der Waals surface area contributed by atoms with Crippen LogP contribution in [0.1, 0.15) is 10.4 Å². The highest BCUT2D eigenvalue weighted by atomic mass is 32.1. The molecular formula is C12H9NS. The molecule has 0 aliphatic carbocycles. The molecule has 2 rings (SSSR count). The van der Waals surface area contributed by atoms with Gasteiger partial charge in [0.25, 0.3) is 0 Å². The van der Waals surface area contributed by atoms with E-state index >= 15 is 0 Å². The van der Waals surface area contributed by atoms with Crippen molar-refractivity contribution in [2.75, 3.05) is 5.73 Å². The normalized spacial score (nSPS) is 9.14. The van der Waals surface area contributed by atoms with Crippen LogP contribution in [-0.2, 0) is 0 Å². The van der Waals surface area contributed by atoms with Crippen molar-refractivity contribution in [2.45, 2.75) is 0 Å². The topological polar surface area (TPSA) is 26.0 Å². The molecule has 14 heavy (non-hydrogen) atoms. The van der Waals surface area contributed by atoms with E-state index in [1.807, 2.05) is 41.8 Å². The average molecular weight is 199 g/mol. The van der Waals surface area contributed by atoms with Gasteiger partial charge in [-0.2, -0.15) is 0 Å². The molecule has 0 aliphatic rings. The number of nitrogens with two attached hydrogens (primary N) is 1. The number of hydrogen-bond acceptors (Lipinski definition) is 2. The largest absolute Gasteiger partial charge is 0.397 e. The fourth-order valence-electron chi connectivity index (χ4n) is 1.07. The zero-order chi connectivity index (χ0) is 9.80. The second kappa shape index (κ2) is 3.99. The second-order valence-electron chi connectivity index (χ2n) is 2.82. The van der Waals surface area contributed by atoms with E-state index in [4.69, 9.17) is 5.73 Å². The molecule has 1 aromatic heterocycles. The lowest BCUT2D eigenvalue weighted by Gasteiger charge is -1.87. The minimum Gasteiger partial charge on any atom is -0.397 e. The van der Waals surface area contributed by atoms with Crippen LogP contribution in [-0.4, -0.2) is 0 Å². The Bertz CT molecular complexity index is 474. The lowest BCUT2D eigenvalue weighted by molar-refractivity contribution is 1.65. The molecule has 68 valence electrons. The van der Waals surface area contributed by atoms with Gasteiger partial charge in [0, 0.05) is 5.56 Å². The molecule has 1 nitrogen and oxygen atoms in total. The van der Waals surface area contributed by atoms with Gasteiger partial charge in [0.05, 0.1) is 5.69 Å². The smallest absolute Gasteiger partial charge is 0.100 e. The lowest BCUT2D eigenvalue weighted by atomic mass is 10.2. The van der Waals surface area contributed by atoms with E-state index in [9.17, 15) is 0 Å². The molecule has 1 heterocycles. The Labute approximate surface area is 87.2 Å². The number of thiophene rings is 1. The van der Waals surface area contributed by atoms with Gasteiger partial charge in [0.15, 0.2) is 0 Å². The summed E-state index contributed by atoms with van der Waals surface area (Å²) in [5.41, 5.74) is 7.49. The van der Waals surface area contributed by atoms with Gasteiger partial charge in [-0.15, -0.1) is 11.3 Å². The number of benzene rings is 1. The molecule has 0 amide bonds. The summed E-state index contributed by atoms with van der Waals surface area (Å²) in [7, 11) is 0. The van der Waals surface area contributed by atoms with Crippen LogP contribution in [0.5, 0.6) is 0 Å².